The number of rotatable bonds is 4. The third kappa shape index (κ3) is 4.51. The molecule has 9 nitrogen and oxygen atoms in total. The van der Waals surface area contributed by atoms with E-state index in [1.807, 2.05) is 19.9 Å². The van der Waals surface area contributed by atoms with Crippen molar-refractivity contribution in [1.82, 2.24) is 14.9 Å². The number of amides is 2. The van der Waals surface area contributed by atoms with E-state index in [2.05, 4.69) is 31.5 Å². The number of nitrogens with zero attached hydrogens (tertiary/aromatic N) is 3. The zero-order chi connectivity index (χ0) is 21.8. The normalized spacial score (nSPS) is 16.2. The van der Waals surface area contributed by atoms with Crippen molar-refractivity contribution in [1.29, 1.82) is 0 Å². The second-order valence-corrected chi connectivity index (χ2v) is 7.15. The highest BCUT2D eigenvalue weighted by molar-refractivity contribution is 5.87. The molecule has 9 heteroatoms. The number of methoxy groups -OCH3 is 1. The zero-order valence-corrected chi connectivity index (χ0v) is 17.3. The molecule has 0 radical (unpaired) electrons. The van der Waals surface area contributed by atoms with Gasteiger partial charge in [0.1, 0.15) is 11.6 Å². The van der Waals surface area contributed by atoms with Crippen molar-refractivity contribution in [3.05, 3.63) is 53.0 Å². The number of anilines is 2. The molecule has 2 amide bonds. The van der Waals surface area contributed by atoms with E-state index in [-0.39, 0.29) is 17.5 Å². The molecular formula is C21H25N5O4. The zero-order valence-electron chi connectivity index (χ0n) is 17.3. The molecule has 0 bridgehead atoms. The molecular weight excluding hydrogens is 386 g/mol. The van der Waals surface area contributed by atoms with Crippen LogP contribution in [-0.4, -0.2) is 59.7 Å². The summed E-state index contributed by atoms with van der Waals surface area (Å²) in [5.74, 6) is 0.908. The summed E-state index contributed by atoms with van der Waals surface area (Å²) >= 11 is 0. The number of hydrogen-bond donors (Lipinski definition) is 2. The van der Waals surface area contributed by atoms with Crippen molar-refractivity contribution in [3.8, 4) is 11.1 Å². The van der Waals surface area contributed by atoms with E-state index in [1.165, 1.54) is 19.3 Å². The lowest BCUT2D eigenvalue weighted by molar-refractivity contribution is -0.126. The molecule has 1 aliphatic rings. The molecule has 30 heavy (non-hydrogen) atoms. The van der Waals surface area contributed by atoms with Gasteiger partial charge in [0.15, 0.2) is 0 Å². The number of ether oxygens (including phenoxy) is 1. The van der Waals surface area contributed by atoms with Crippen LogP contribution in [0.1, 0.15) is 12.5 Å². The smallest absolute Gasteiger partial charge is 0.412 e. The molecule has 0 aromatic carbocycles. The Morgan fingerprint density at radius 2 is 2.10 bits per heavy atom. The van der Waals surface area contributed by atoms with Crippen molar-refractivity contribution in [2.45, 2.75) is 19.9 Å². The van der Waals surface area contributed by atoms with Gasteiger partial charge in [0.25, 0.3) is 0 Å². The molecule has 3 heterocycles. The number of aromatic nitrogens is 2. The molecule has 1 atom stereocenters. The Labute approximate surface area is 174 Å². The summed E-state index contributed by atoms with van der Waals surface area (Å²) < 4.78 is 4.61. The number of hydrogen-bond acceptors (Lipinski definition) is 6. The van der Waals surface area contributed by atoms with Crippen LogP contribution in [0.25, 0.3) is 11.1 Å². The summed E-state index contributed by atoms with van der Waals surface area (Å²) in [7, 11) is 1.27. The molecule has 0 spiro atoms. The first kappa shape index (κ1) is 21.1. The van der Waals surface area contributed by atoms with Crippen LogP contribution in [0.15, 0.2) is 41.8 Å². The largest absolute Gasteiger partial charge is 0.453 e. The molecule has 1 aliphatic heterocycles. The summed E-state index contributed by atoms with van der Waals surface area (Å²) in [6, 6.07) is 5.13. The van der Waals surface area contributed by atoms with Gasteiger partial charge in [0.2, 0.25) is 11.5 Å². The second-order valence-electron chi connectivity index (χ2n) is 7.15. The minimum Gasteiger partial charge on any atom is -0.453 e. The second kappa shape index (κ2) is 8.81. The lowest BCUT2D eigenvalue weighted by Crippen LogP contribution is -2.53. The average Bonchev–Trinajstić information content (AvgIpc) is 2.73. The maximum Gasteiger partial charge on any atom is 0.412 e. The summed E-state index contributed by atoms with van der Waals surface area (Å²) in [5.41, 5.74) is 2.10. The lowest BCUT2D eigenvalue weighted by atomic mass is 10.0. The van der Waals surface area contributed by atoms with Crippen LogP contribution in [-0.2, 0) is 9.53 Å². The van der Waals surface area contributed by atoms with Crippen molar-refractivity contribution in [2.75, 3.05) is 37.0 Å². The number of aryl methyl sites for hydroxylation is 1. The Kier molecular flexibility index (Phi) is 6.20. The van der Waals surface area contributed by atoms with Crippen LogP contribution in [0.4, 0.5) is 16.4 Å². The monoisotopic (exact) mass is 411 g/mol. The van der Waals surface area contributed by atoms with Gasteiger partial charge in [-0.25, -0.2) is 9.78 Å². The van der Waals surface area contributed by atoms with E-state index in [0.717, 1.165) is 11.1 Å². The van der Waals surface area contributed by atoms with Crippen molar-refractivity contribution >= 4 is 23.6 Å². The van der Waals surface area contributed by atoms with Crippen LogP contribution in [0, 0.1) is 6.92 Å². The van der Waals surface area contributed by atoms with Gasteiger partial charge in [-0.3, -0.25) is 14.9 Å². The molecule has 0 saturated carbocycles. The van der Waals surface area contributed by atoms with Gasteiger partial charge in [-0.15, -0.1) is 0 Å². The lowest BCUT2D eigenvalue weighted by Gasteiger charge is -2.40. The van der Waals surface area contributed by atoms with E-state index in [9.17, 15) is 14.4 Å². The topological polar surface area (TPSA) is 108 Å². The van der Waals surface area contributed by atoms with Gasteiger partial charge in [-0.1, -0.05) is 6.58 Å². The third-order valence-corrected chi connectivity index (χ3v) is 5.08. The van der Waals surface area contributed by atoms with Gasteiger partial charge in [-0.2, -0.15) is 0 Å². The number of piperazine rings is 1. The average molecular weight is 411 g/mol. The van der Waals surface area contributed by atoms with Crippen LogP contribution in [0.2, 0.25) is 0 Å². The third-order valence-electron chi connectivity index (χ3n) is 5.08. The highest BCUT2D eigenvalue weighted by atomic mass is 16.5. The quantitative estimate of drug-likeness (QED) is 0.747. The van der Waals surface area contributed by atoms with Crippen molar-refractivity contribution in [2.24, 2.45) is 0 Å². The molecule has 2 aromatic rings. The van der Waals surface area contributed by atoms with Crippen LogP contribution < -0.4 is 15.8 Å². The van der Waals surface area contributed by atoms with E-state index < -0.39 is 6.09 Å². The predicted octanol–water partition coefficient (Wildman–Crippen LogP) is 2.15. The van der Waals surface area contributed by atoms with Gasteiger partial charge in [-0.05, 0) is 48.7 Å². The fourth-order valence-electron chi connectivity index (χ4n) is 3.54. The molecule has 0 aliphatic carbocycles. The Morgan fingerprint density at radius 3 is 2.77 bits per heavy atom. The van der Waals surface area contributed by atoms with E-state index in [4.69, 9.17) is 0 Å². The van der Waals surface area contributed by atoms with Gasteiger partial charge in [0.05, 0.1) is 7.11 Å². The van der Waals surface area contributed by atoms with Crippen LogP contribution in [0.3, 0.4) is 0 Å². The fraction of sp³-hybridized carbons (Fsp3) is 0.333. The van der Waals surface area contributed by atoms with Crippen molar-refractivity contribution in [3.63, 3.8) is 0 Å². The molecule has 1 saturated heterocycles. The fourth-order valence-corrected chi connectivity index (χ4v) is 3.54. The number of H-pyrrole nitrogens is 1. The highest BCUT2D eigenvalue weighted by Crippen LogP contribution is 2.28. The minimum absolute atomic E-state index is 0.0173. The minimum atomic E-state index is -0.621. The first-order chi connectivity index (χ1) is 14.3. The summed E-state index contributed by atoms with van der Waals surface area (Å²) in [6.07, 6.45) is 2.32. The standard InChI is InChI=1S/C21H25N5O4/c1-5-20(28)25-6-7-26(14(3)12-25)18-8-15(9-19(27)24-18)16-10-17(22-11-13(16)2)23-21(29)30-4/h5,8-11,14H,1,6-7,12H2,2-4H3,(H,24,27)(H,22,23,29)/t14-/m0/s1. The van der Waals surface area contributed by atoms with E-state index in [1.54, 1.807) is 17.2 Å². The Bertz CT molecular complexity index is 1030. The van der Waals surface area contributed by atoms with Gasteiger partial charge < -0.3 is 19.5 Å². The summed E-state index contributed by atoms with van der Waals surface area (Å²) in [6.45, 7) is 9.10. The number of pyridine rings is 2. The van der Waals surface area contributed by atoms with Crippen molar-refractivity contribution < 1.29 is 14.3 Å². The number of carbonyl (C=O) groups excluding carboxylic acids is 2. The molecule has 158 valence electrons. The Balaban J connectivity index is 1.92. The maximum absolute atomic E-state index is 12.4. The number of carbonyl (C=O) groups is 2. The molecule has 3 rings (SSSR count). The number of nitrogens with one attached hydrogen (secondary N) is 2. The van der Waals surface area contributed by atoms with E-state index in [0.29, 0.717) is 36.8 Å². The SMILES string of the molecule is C=CC(=O)N1CCN(c2cc(-c3cc(NC(=O)OC)ncc3C)cc(=O)[nH]2)[C@@H](C)C1. The molecule has 2 N–H and O–H groups in total. The first-order valence-electron chi connectivity index (χ1n) is 9.56. The maximum atomic E-state index is 12.4. The molecule has 1 fully saturated rings. The van der Waals surface area contributed by atoms with E-state index >= 15 is 0 Å². The number of aromatic amines is 1. The first-order valence-corrected chi connectivity index (χ1v) is 9.56. The Morgan fingerprint density at radius 1 is 1.33 bits per heavy atom. The van der Waals surface area contributed by atoms with Gasteiger partial charge >= 0.3 is 6.09 Å². The molecule has 2 aromatic heterocycles. The Hall–Kier alpha value is -3.62. The van der Waals surface area contributed by atoms with Crippen LogP contribution >= 0.6 is 0 Å². The van der Waals surface area contributed by atoms with Crippen LogP contribution in [0.5, 0.6) is 0 Å². The van der Waals surface area contributed by atoms with Gasteiger partial charge in [0, 0.05) is 37.9 Å². The summed E-state index contributed by atoms with van der Waals surface area (Å²) in [4.78, 5) is 46.7. The molecule has 0 unspecified atom stereocenters. The highest BCUT2D eigenvalue weighted by Gasteiger charge is 2.26. The predicted molar refractivity (Wildman–Crippen MR) is 115 cm³/mol. The summed E-state index contributed by atoms with van der Waals surface area (Å²) in [5, 5.41) is 2.54.